The summed E-state index contributed by atoms with van der Waals surface area (Å²) in [6.45, 7) is 2.97. The predicted molar refractivity (Wildman–Crippen MR) is 70.0 cm³/mol. The van der Waals surface area contributed by atoms with Crippen LogP contribution in [0.2, 0.25) is 0 Å². The second-order valence-corrected chi connectivity index (χ2v) is 4.87. The fraction of sp³-hybridized carbons (Fsp3) is 0.667. The number of hydrogen-bond acceptors (Lipinski definition) is 3. The maximum Gasteiger partial charge on any atom is 0.137 e. The Balaban J connectivity index is 2.10. The lowest BCUT2D eigenvalue weighted by Crippen LogP contribution is -2.08. The van der Waals surface area contributed by atoms with Crippen molar-refractivity contribution in [3.63, 3.8) is 0 Å². The quantitative estimate of drug-likeness (QED) is 0.531. The van der Waals surface area contributed by atoms with Crippen LogP contribution in [0.4, 0.5) is 0 Å². The minimum absolute atomic E-state index is 0.688. The van der Waals surface area contributed by atoms with Crippen LogP contribution in [0.25, 0.3) is 0 Å². The molecule has 1 aromatic heterocycles. The van der Waals surface area contributed by atoms with Gasteiger partial charge in [0, 0.05) is 26.5 Å². The first-order chi connectivity index (χ1) is 7.24. The van der Waals surface area contributed by atoms with E-state index in [1.54, 1.807) is 7.11 Å². The largest absolute Gasteiger partial charge is 0.385 e. The molecule has 0 saturated heterocycles. The first kappa shape index (κ1) is 13.4. The second kappa shape index (κ2) is 7.59. The van der Waals surface area contributed by atoms with Gasteiger partial charge in [0.25, 0.3) is 0 Å². The molecule has 0 saturated carbocycles. The Morgan fingerprint density at radius 1 is 1.47 bits per heavy atom. The van der Waals surface area contributed by atoms with Crippen LogP contribution >= 0.6 is 38.5 Å². The van der Waals surface area contributed by atoms with Gasteiger partial charge < -0.3 is 9.47 Å². The highest BCUT2D eigenvalue weighted by Gasteiger charge is 2.01. The molecule has 86 valence electrons. The Morgan fingerprint density at radius 2 is 2.27 bits per heavy atom. The summed E-state index contributed by atoms with van der Waals surface area (Å²) in [4.78, 5) is 0. The topological polar surface area (TPSA) is 36.3 Å². The Labute approximate surface area is 112 Å². The van der Waals surface area contributed by atoms with Gasteiger partial charge in [-0.15, -0.1) is 0 Å². The molecule has 0 spiro atoms. The van der Waals surface area contributed by atoms with Gasteiger partial charge in [0.2, 0.25) is 0 Å². The van der Waals surface area contributed by atoms with Gasteiger partial charge in [-0.3, -0.25) is 4.68 Å². The molecule has 0 aliphatic carbocycles. The van der Waals surface area contributed by atoms with E-state index in [4.69, 9.17) is 9.47 Å². The average Bonchev–Trinajstić information content (AvgIpc) is 2.52. The zero-order valence-corrected chi connectivity index (χ0v) is 12.3. The Kier molecular flexibility index (Phi) is 6.78. The van der Waals surface area contributed by atoms with Gasteiger partial charge in [-0.05, 0) is 44.9 Å². The summed E-state index contributed by atoms with van der Waals surface area (Å²) in [7, 11) is 1.70. The monoisotopic (exact) mass is 388 g/mol. The van der Waals surface area contributed by atoms with Crippen molar-refractivity contribution in [2.24, 2.45) is 0 Å². The number of ether oxygens (including phenoxy) is 2. The molecule has 0 aliphatic rings. The molecule has 1 heterocycles. The number of aromatic nitrogens is 2. The number of nitrogens with zero attached hydrogens (tertiary/aromatic N) is 2. The Bertz CT molecular complexity index is 274. The molecule has 0 atom stereocenters. The molecular weight excluding hydrogens is 375 g/mol. The summed E-state index contributed by atoms with van der Waals surface area (Å²) < 4.78 is 14.2. The molecule has 15 heavy (non-hydrogen) atoms. The van der Waals surface area contributed by atoms with Gasteiger partial charge >= 0.3 is 0 Å². The minimum Gasteiger partial charge on any atom is -0.385 e. The smallest absolute Gasteiger partial charge is 0.137 e. The predicted octanol–water partition coefficient (Wildman–Crippen LogP) is 2.30. The molecule has 6 heteroatoms. The van der Waals surface area contributed by atoms with Crippen molar-refractivity contribution in [2.45, 2.75) is 13.0 Å². The maximum atomic E-state index is 5.43. The number of hydrogen-bond donors (Lipinski definition) is 0. The molecule has 0 fully saturated rings. The van der Waals surface area contributed by atoms with Gasteiger partial charge in [-0.2, -0.15) is 5.10 Å². The molecule has 0 unspecified atom stereocenters. The van der Waals surface area contributed by atoms with Gasteiger partial charge in [-0.1, -0.05) is 0 Å². The molecule has 1 aromatic rings. The lowest BCUT2D eigenvalue weighted by molar-refractivity contribution is 0.0960. The molecule has 0 bridgehead atoms. The summed E-state index contributed by atoms with van der Waals surface area (Å²) in [5.74, 6) is 0. The minimum atomic E-state index is 0.688. The van der Waals surface area contributed by atoms with Crippen molar-refractivity contribution in [3.8, 4) is 0 Å². The van der Waals surface area contributed by atoms with Crippen molar-refractivity contribution < 1.29 is 9.47 Å². The average molecular weight is 389 g/mol. The Morgan fingerprint density at radius 3 is 2.87 bits per heavy atom. The van der Waals surface area contributed by atoms with Crippen molar-refractivity contribution in [2.75, 3.05) is 26.9 Å². The van der Waals surface area contributed by atoms with E-state index in [9.17, 15) is 0 Å². The SMILES string of the molecule is COCCCOCCn1cc(Br)c(I)n1. The lowest BCUT2D eigenvalue weighted by atomic mass is 10.5. The van der Waals surface area contributed by atoms with E-state index in [0.29, 0.717) is 6.61 Å². The first-order valence-corrected chi connectivity index (χ1v) is 6.56. The molecular formula is C9H14BrIN2O2. The van der Waals surface area contributed by atoms with Crippen LogP contribution in [0.15, 0.2) is 10.7 Å². The highest BCUT2D eigenvalue weighted by atomic mass is 127. The number of rotatable bonds is 7. The lowest BCUT2D eigenvalue weighted by Gasteiger charge is -2.03. The van der Waals surface area contributed by atoms with Crippen molar-refractivity contribution in [1.82, 2.24) is 9.78 Å². The third kappa shape index (κ3) is 5.28. The molecule has 0 N–H and O–H groups in total. The standard InChI is InChI=1S/C9H14BrIN2O2/c1-14-4-2-5-15-6-3-13-7-8(10)9(11)12-13/h7H,2-6H2,1H3. The molecule has 0 radical (unpaired) electrons. The fourth-order valence-electron chi connectivity index (χ4n) is 1.05. The summed E-state index contributed by atoms with van der Waals surface area (Å²) in [6, 6.07) is 0. The second-order valence-electron chi connectivity index (χ2n) is 2.99. The van der Waals surface area contributed by atoms with Crippen LogP contribution < -0.4 is 0 Å². The van der Waals surface area contributed by atoms with Crippen molar-refractivity contribution >= 4 is 38.5 Å². The highest BCUT2D eigenvalue weighted by molar-refractivity contribution is 14.1. The van der Waals surface area contributed by atoms with E-state index < -0.39 is 0 Å². The normalized spacial score (nSPS) is 10.9. The van der Waals surface area contributed by atoms with Gasteiger partial charge in [0.15, 0.2) is 0 Å². The van der Waals surface area contributed by atoms with Crippen molar-refractivity contribution in [3.05, 3.63) is 14.4 Å². The van der Waals surface area contributed by atoms with E-state index in [0.717, 1.165) is 34.4 Å². The molecule has 0 amide bonds. The van der Waals surface area contributed by atoms with Gasteiger partial charge in [0.05, 0.1) is 17.6 Å². The first-order valence-electron chi connectivity index (χ1n) is 4.69. The third-order valence-corrected chi connectivity index (χ3v) is 3.90. The molecule has 1 rings (SSSR count). The maximum absolute atomic E-state index is 5.43. The summed E-state index contributed by atoms with van der Waals surface area (Å²) in [6.07, 6.45) is 2.90. The summed E-state index contributed by atoms with van der Waals surface area (Å²) in [5.41, 5.74) is 0. The highest BCUT2D eigenvalue weighted by Crippen LogP contribution is 2.16. The third-order valence-electron chi connectivity index (χ3n) is 1.78. The van der Waals surface area contributed by atoms with E-state index in [2.05, 4.69) is 43.6 Å². The van der Waals surface area contributed by atoms with Crippen LogP contribution in [0.5, 0.6) is 0 Å². The summed E-state index contributed by atoms with van der Waals surface area (Å²) >= 11 is 5.60. The zero-order valence-electron chi connectivity index (χ0n) is 8.58. The summed E-state index contributed by atoms with van der Waals surface area (Å²) in [5, 5.41) is 4.30. The fourth-order valence-corrected chi connectivity index (χ4v) is 1.79. The van der Waals surface area contributed by atoms with Gasteiger partial charge in [-0.25, -0.2) is 0 Å². The number of halogens is 2. The van der Waals surface area contributed by atoms with E-state index in [-0.39, 0.29) is 0 Å². The van der Waals surface area contributed by atoms with E-state index in [1.807, 2.05) is 10.9 Å². The van der Waals surface area contributed by atoms with Crippen LogP contribution in [-0.2, 0) is 16.0 Å². The van der Waals surface area contributed by atoms with E-state index >= 15 is 0 Å². The van der Waals surface area contributed by atoms with Crippen LogP contribution in [0.1, 0.15) is 6.42 Å². The van der Waals surface area contributed by atoms with Crippen LogP contribution in [0.3, 0.4) is 0 Å². The zero-order chi connectivity index (χ0) is 11.1. The molecule has 0 aromatic carbocycles. The Hall–Kier alpha value is 0.340. The van der Waals surface area contributed by atoms with E-state index in [1.165, 1.54) is 0 Å². The number of methoxy groups -OCH3 is 1. The van der Waals surface area contributed by atoms with Crippen LogP contribution in [0, 0.1) is 3.70 Å². The molecule has 0 aliphatic heterocycles. The van der Waals surface area contributed by atoms with Gasteiger partial charge in [0.1, 0.15) is 3.70 Å². The van der Waals surface area contributed by atoms with Crippen molar-refractivity contribution in [1.29, 1.82) is 0 Å². The molecule has 4 nitrogen and oxygen atoms in total. The van der Waals surface area contributed by atoms with Crippen LogP contribution in [-0.4, -0.2) is 36.7 Å².